The van der Waals surface area contributed by atoms with Crippen LogP contribution in [-0.2, 0) is 20.8 Å². The van der Waals surface area contributed by atoms with Crippen LogP contribution in [0, 0.1) is 24.2 Å². The van der Waals surface area contributed by atoms with Gasteiger partial charge < -0.3 is 10.4 Å². The third-order valence-electron chi connectivity index (χ3n) is 8.65. The third-order valence-corrected chi connectivity index (χ3v) is 8.65. The lowest BCUT2D eigenvalue weighted by Crippen LogP contribution is -2.54. The Morgan fingerprint density at radius 2 is 1.98 bits per heavy atom. The van der Waals surface area contributed by atoms with E-state index in [1.165, 1.54) is 11.8 Å². The number of aryl methyl sites for hydroxylation is 2. The minimum Gasteiger partial charge on any atom is -0.390 e. The van der Waals surface area contributed by atoms with E-state index in [-0.39, 0.29) is 25.3 Å². The lowest BCUT2D eigenvalue weighted by atomic mass is 9.77. The molecule has 40 heavy (non-hydrogen) atoms. The molecule has 0 spiro atoms. The number of rotatable bonds is 9. The Labute approximate surface area is 234 Å². The molecule has 1 heterocycles. The number of carbonyl (C=O) groups excluding carboxylic acids is 3. The number of halogens is 2. The molecule has 7 atom stereocenters. The number of ketones is 1. The molecule has 2 N–H and O–H groups in total. The second kappa shape index (κ2) is 11.6. The molecule has 2 saturated carbocycles. The second-order valence-corrected chi connectivity index (χ2v) is 12.8. The summed E-state index contributed by atoms with van der Waals surface area (Å²) in [4.78, 5) is 47.4. The van der Waals surface area contributed by atoms with Gasteiger partial charge in [-0.1, -0.05) is 39.0 Å². The number of aliphatic hydroxyl groups is 1. The Bertz CT molecular complexity index is 1200. The van der Waals surface area contributed by atoms with Gasteiger partial charge in [-0.2, -0.15) is 0 Å². The van der Waals surface area contributed by atoms with Crippen LogP contribution in [0.3, 0.4) is 0 Å². The van der Waals surface area contributed by atoms with Crippen LogP contribution in [0.15, 0.2) is 28.2 Å². The summed E-state index contributed by atoms with van der Waals surface area (Å²) in [6.07, 6.45) is 1.89. The second-order valence-electron chi connectivity index (χ2n) is 12.8. The van der Waals surface area contributed by atoms with Crippen molar-refractivity contribution in [1.82, 2.24) is 5.32 Å². The van der Waals surface area contributed by atoms with E-state index in [1.54, 1.807) is 20.8 Å². The van der Waals surface area contributed by atoms with Crippen LogP contribution < -0.4 is 5.32 Å². The molecule has 4 unspecified atom stereocenters. The zero-order valence-electron chi connectivity index (χ0n) is 24.0. The van der Waals surface area contributed by atoms with Gasteiger partial charge in [0, 0.05) is 18.1 Å². The quantitative estimate of drug-likeness (QED) is 0.439. The lowest BCUT2D eigenvalue weighted by molar-refractivity contribution is -0.138. The molecule has 1 aromatic rings. The molecule has 0 bridgehead atoms. The maximum atomic E-state index is 15.0. The Kier molecular flexibility index (Phi) is 8.74. The summed E-state index contributed by atoms with van der Waals surface area (Å²) in [6.45, 7) is 9.28. The number of alkyl halides is 2. The first-order chi connectivity index (χ1) is 18.7. The minimum absolute atomic E-state index is 0.0900. The SMILES string of the molecule is Cc1cc(C2CC=NC2C)ccc1CCC=NC(=O)[C@H]1C(C(=O)C(NC(=O)C2(F)CC2)C(C)(C)C)C[C@H](O)[C@@H]1F. The van der Waals surface area contributed by atoms with Crippen LogP contribution in [0.2, 0.25) is 0 Å². The van der Waals surface area contributed by atoms with Gasteiger partial charge >= 0.3 is 0 Å². The van der Waals surface area contributed by atoms with Crippen LogP contribution in [0.5, 0.6) is 0 Å². The first kappa shape index (κ1) is 30.2. The summed E-state index contributed by atoms with van der Waals surface area (Å²) in [5.74, 6) is -4.52. The van der Waals surface area contributed by atoms with E-state index in [0.717, 1.165) is 17.5 Å². The van der Waals surface area contributed by atoms with Crippen LogP contribution >= 0.6 is 0 Å². The normalized spacial score (nSPS) is 30.0. The predicted molar refractivity (Wildman–Crippen MR) is 150 cm³/mol. The Hall–Kier alpha value is -2.81. The van der Waals surface area contributed by atoms with Crippen LogP contribution in [0.1, 0.15) is 82.4 Å². The van der Waals surface area contributed by atoms with Crippen molar-refractivity contribution >= 4 is 30.0 Å². The molecule has 2 amide bonds. The number of nitrogens with one attached hydrogen (secondary N) is 1. The van der Waals surface area contributed by atoms with Crippen molar-refractivity contribution < 1.29 is 28.3 Å². The molecule has 4 rings (SSSR count). The molecule has 218 valence electrons. The Morgan fingerprint density at radius 1 is 1.27 bits per heavy atom. The van der Waals surface area contributed by atoms with Crippen molar-refractivity contribution in [2.45, 2.75) is 109 Å². The van der Waals surface area contributed by atoms with Gasteiger partial charge in [-0.15, -0.1) is 0 Å². The standard InChI is InChI=1S/C31H41F2N3O4/c1-17-15-20(21-10-14-34-18(21)2)9-8-19(17)7-6-13-35-28(39)24-22(16-23(37)25(24)32)26(38)27(30(3,4)5)36-29(40)31(33)11-12-31/h8-9,13-15,18,21-25,27,37H,6-7,10-12,16H2,1-5H3,(H,36,40)/t18?,21?,22?,23-,24-,25-,27?/m0/s1. The number of aliphatic imine (C=N–C) groups is 2. The average Bonchev–Trinajstić information content (AvgIpc) is 3.37. The van der Waals surface area contributed by atoms with Gasteiger partial charge in [0.1, 0.15) is 6.17 Å². The average molecular weight is 558 g/mol. The molecule has 3 aliphatic rings. The van der Waals surface area contributed by atoms with Crippen LogP contribution in [0.25, 0.3) is 0 Å². The Morgan fingerprint density at radius 3 is 2.55 bits per heavy atom. The maximum absolute atomic E-state index is 15.0. The summed E-state index contributed by atoms with van der Waals surface area (Å²) in [5, 5.41) is 12.7. The summed E-state index contributed by atoms with van der Waals surface area (Å²) in [6, 6.07) is 5.49. The highest BCUT2D eigenvalue weighted by Crippen LogP contribution is 2.42. The van der Waals surface area contributed by atoms with Gasteiger partial charge in [-0.3, -0.25) is 19.4 Å². The summed E-state index contributed by atoms with van der Waals surface area (Å²) >= 11 is 0. The largest absolute Gasteiger partial charge is 0.390 e. The van der Waals surface area contributed by atoms with Gasteiger partial charge in [0.15, 0.2) is 11.5 Å². The number of nitrogens with zero attached hydrogens (tertiary/aromatic N) is 2. The van der Waals surface area contributed by atoms with Gasteiger partial charge in [-0.05, 0) is 80.7 Å². The fourth-order valence-corrected chi connectivity index (χ4v) is 5.87. The highest BCUT2D eigenvalue weighted by atomic mass is 19.1. The Balaban J connectivity index is 1.40. The van der Waals surface area contributed by atoms with Crippen molar-refractivity contribution in [3.63, 3.8) is 0 Å². The van der Waals surface area contributed by atoms with Gasteiger partial charge in [-0.25, -0.2) is 13.8 Å². The van der Waals surface area contributed by atoms with E-state index in [1.807, 2.05) is 13.1 Å². The molecular weight excluding hydrogens is 516 g/mol. The van der Waals surface area contributed by atoms with Crippen molar-refractivity contribution in [1.29, 1.82) is 0 Å². The van der Waals surface area contributed by atoms with E-state index in [9.17, 15) is 23.9 Å². The van der Waals surface area contributed by atoms with Gasteiger partial charge in [0.2, 0.25) is 0 Å². The molecule has 7 nitrogen and oxygen atoms in total. The summed E-state index contributed by atoms with van der Waals surface area (Å²) in [5.41, 5.74) is 0.712. The van der Waals surface area contributed by atoms with Gasteiger partial charge in [0.25, 0.3) is 11.8 Å². The number of hydrogen-bond donors (Lipinski definition) is 2. The smallest absolute Gasteiger partial charge is 0.258 e. The van der Waals surface area contributed by atoms with E-state index in [2.05, 4.69) is 40.4 Å². The van der Waals surface area contributed by atoms with E-state index in [0.29, 0.717) is 18.8 Å². The summed E-state index contributed by atoms with van der Waals surface area (Å²) < 4.78 is 29.4. The predicted octanol–water partition coefficient (Wildman–Crippen LogP) is 4.41. The zero-order chi connectivity index (χ0) is 29.4. The molecule has 0 radical (unpaired) electrons. The number of benzene rings is 1. The lowest BCUT2D eigenvalue weighted by Gasteiger charge is -2.33. The summed E-state index contributed by atoms with van der Waals surface area (Å²) in [7, 11) is 0. The fourth-order valence-electron chi connectivity index (χ4n) is 5.87. The zero-order valence-corrected chi connectivity index (χ0v) is 24.0. The highest BCUT2D eigenvalue weighted by Gasteiger charge is 2.55. The van der Waals surface area contributed by atoms with E-state index >= 15 is 4.39 Å². The topological polar surface area (TPSA) is 108 Å². The number of amides is 2. The monoisotopic (exact) mass is 557 g/mol. The first-order valence-corrected chi connectivity index (χ1v) is 14.3. The first-order valence-electron chi connectivity index (χ1n) is 14.3. The number of aliphatic hydroxyl groups excluding tert-OH is 1. The molecule has 9 heteroatoms. The van der Waals surface area contributed by atoms with Crippen molar-refractivity contribution in [3.05, 3.63) is 34.9 Å². The maximum Gasteiger partial charge on any atom is 0.258 e. The van der Waals surface area contributed by atoms with Crippen LogP contribution in [-0.4, -0.2) is 65.2 Å². The van der Waals surface area contributed by atoms with Gasteiger partial charge in [0.05, 0.1) is 24.1 Å². The molecule has 0 aromatic heterocycles. The fraction of sp³-hybridized carbons (Fsp3) is 0.645. The molecule has 2 aliphatic carbocycles. The highest BCUT2D eigenvalue weighted by molar-refractivity contribution is 5.98. The molecule has 0 saturated heterocycles. The van der Waals surface area contributed by atoms with Crippen molar-refractivity contribution in [2.24, 2.45) is 27.2 Å². The number of hydrogen-bond acceptors (Lipinski definition) is 5. The van der Waals surface area contributed by atoms with Crippen molar-refractivity contribution in [2.75, 3.05) is 0 Å². The number of Topliss-reactive ketones (excluding diaryl/α,β-unsaturated/α-hetero) is 1. The van der Waals surface area contributed by atoms with Crippen molar-refractivity contribution in [3.8, 4) is 0 Å². The minimum atomic E-state index is -1.98. The molecule has 1 aliphatic heterocycles. The van der Waals surface area contributed by atoms with E-state index in [4.69, 9.17) is 0 Å². The number of carbonyl (C=O) groups is 3. The third kappa shape index (κ3) is 6.40. The van der Waals surface area contributed by atoms with Crippen LogP contribution in [0.4, 0.5) is 8.78 Å². The van der Waals surface area contributed by atoms with E-state index < -0.39 is 58.8 Å². The molecular formula is C31H41F2N3O4. The molecule has 2 fully saturated rings. The molecule has 1 aromatic carbocycles.